The van der Waals surface area contributed by atoms with Crippen LogP contribution in [-0.2, 0) is 11.8 Å². The molecule has 10 heteroatoms. The zero-order valence-electron chi connectivity index (χ0n) is 14.1. The number of thioether (sulfide) groups is 1. The molecule has 2 amide bonds. The summed E-state index contributed by atoms with van der Waals surface area (Å²) in [4.78, 5) is 39.0. The van der Waals surface area contributed by atoms with Gasteiger partial charge in [-0.2, -0.15) is 4.99 Å². The number of primary amides is 1. The molecule has 27 heavy (non-hydrogen) atoms. The number of aryl methyl sites for hydroxylation is 1. The third kappa shape index (κ3) is 4.07. The van der Waals surface area contributed by atoms with E-state index in [1.54, 1.807) is 0 Å². The van der Waals surface area contributed by atoms with Crippen LogP contribution in [0.15, 0.2) is 52.4 Å². The zero-order valence-corrected chi connectivity index (χ0v) is 15.8. The highest BCUT2D eigenvalue weighted by Gasteiger charge is 2.18. The van der Waals surface area contributed by atoms with Crippen molar-refractivity contribution in [1.29, 1.82) is 0 Å². The van der Waals surface area contributed by atoms with E-state index in [1.165, 1.54) is 23.5 Å². The molecule has 0 atom stereocenters. The number of para-hydroxylation sites is 1. The van der Waals surface area contributed by atoms with Crippen molar-refractivity contribution in [2.75, 3.05) is 5.75 Å². The van der Waals surface area contributed by atoms with Gasteiger partial charge in [-0.15, -0.1) is 11.8 Å². The zero-order chi connectivity index (χ0) is 19.6. The second kappa shape index (κ2) is 7.72. The first-order valence-electron chi connectivity index (χ1n) is 7.70. The van der Waals surface area contributed by atoms with E-state index in [-0.39, 0.29) is 21.9 Å². The summed E-state index contributed by atoms with van der Waals surface area (Å²) in [6.07, 6.45) is 0. The average molecular weight is 402 g/mol. The number of nitro benzene ring substituents is 1. The van der Waals surface area contributed by atoms with Gasteiger partial charge in [-0.05, 0) is 24.3 Å². The Morgan fingerprint density at radius 1 is 1.30 bits per heavy atom. The van der Waals surface area contributed by atoms with Crippen LogP contribution in [0.4, 0.5) is 5.69 Å². The third-order valence-electron chi connectivity index (χ3n) is 3.73. The van der Waals surface area contributed by atoms with Gasteiger partial charge < -0.3 is 10.3 Å². The minimum absolute atomic E-state index is 0.0411. The van der Waals surface area contributed by atoms with Crippen molar-refractivity contribution in [2.45, 2.75) is 4.90 Å². The van der Waals surface area contributed by atoms with E-state index < -0.39 is 16.7 Å². The molecule has 138 valence electrons. The van der Waals surface area contributed by atoms with Crippen LogP contribution in [0.1, 0.15) is 10.4 Å². The Labute approximate surface area is 161 Å². The monoisotopic (exact) mass is 402 g/mol. The molecule has 2 N–H and O–H groups in total. The maximum Gasteiger partial charge on any atom is 0.283 e. The third-order valence-corrected chi connectivity index (χ3v) is 5.89. The van der Waals surface area contributed by atoms with Crippen LogP contribution in [0.3, 0.4) is 0 Å². The number of benzene rings is 2. The van der Waals surface area contributed by atoms with Gasteiger partial charge in [0.15, 0.2) is 4.80 Å². The van der Waals surface area contributed by atoms with Gasteiger partial charge in [0.25, 0.3) is 11.6 Å². The van der Waals surface area contributed by atoms with Gasteiger partial charge in [0.1, 0.15) is 0 Å². The largest absolute Gasteiger partial charge is 0.366 e. The first kappa shape index (κ1) is 18.8. The Morgan fingerprint density at radius 3 is 2.70 bits per heavy atom. The summed E-state index contributed by atoms with van der Waals surface area (Å²) < 4.78 is 2.84. The molecule has 0 spiro atoms. The number of hydrogen-bond acceptors (Lipinski definition) is 6. The minimum atomic E-state index is -0.752. The molecule has 0 aliphatic rings. The van der Waals surface area contributed by atoms with Crippen molar-refractivity contribution < 1.29 is 14.5 Å². The minimum Gasteiger partial charge on any atom is -0.366 e. The average Bonchev–Trinajstić information content (AvgIpc) is 2.95. The van der Waals surface area contributed by atoms with Crippen LogP contribution in [0, 0.1) is 10.1 Å². The van der Waals surface area contributed by atoms with Crippen molar-refractivity contribution in [3.05, 3.63) is 62.9 Å². The molecule has 0 saturated heterocycles. The molecule has 0 fully saturated rings. The molecule has 8 nitrogen and oxygen atoms in total. The first-order chi connectivity index (χ1) is 12.9. The number of hydrogen-bond donors (Lipinski definition) is 1. The summed E-state index contributed by atoms with van der Waals surface area (Å²) >= 11 is 2.39. The lowest BCUT2D eigenvalue weighted by Gasteiger charge is -2.03. The summed E-state index contributed by atoms with van der Waals surface area (Å²) in [5, 5.41) is 11.2. The fourth-order valence-electron chi connectivity index (χ4n) is 2.40. The van der Waals surface area contributed by atoms with E-state index in [4.69, 9.17) is 5.73 Å². The summed E-state index contributed by atoms with van der Waals surface area (Å²) in [5.74, 6) is -1.22. The highest BCUT2D eigenvalue weighted by Crippen LogP contribution is 2.30. The van der Waals surface area contributed by atoms with Gasteiger partial charge >= 0.3 is 0 Å². The number of nitrogens with two attached hydrogens (primary N) is 1. The topological polar surface area (TPSA) is 121 Å². The molecule has 1 heterocycles. The van der Waals surface area contributed by atoms with Crippen molar-refractivity contribution in [3.63, 3.8) is 0 Å². The lowest BCUT2D eigenvalue weighted by Crippen LogP contribution is -2.14. The number of nitrogens with zero attached hydrogens (tertiary/aromatic N) is 3. The molecule has 0 bridgehead atoms. The molecule has 3 rings (SSSR count). The van der Waals surface area contributed by atoms with Crippen LogP contribution in [0.5, 0.6) is 0 Å². The number of amides is 2. The van der Waals surface area contributed by atoms with Crippen molar-refractivity contribution >= 4 is 50.8 Å². The van der Waals surface area contributed by atoms with E-state index in [0.29, 0.717) is 4.80 Å². The maximum absolute atomic E-state index is 12.2. The predicted molar refractivity (Wildman–Crippen MR) is 104 cm³/mol. The standard InChI is InChI=1S/C17H14N4O4S2/c1-20-11-4-2-3-5-14(11)27-17(20)19-15(22)9-26-13-7-6-10(16(18)23)8-12(13)21(24)25/h2-8H,9H2,1H3,(H2,18,23). The van der Waals surface area contributed by atoms with Crippen molar-refractivity contribution in [3.8, 4) is 0 Å². The highest BCUT2D eigenvalue weighted by molar-refractivity contribution is 8.00. The van der Waals surface area contributed by atoms with Gasteiger partial charge in [-0.3, -0.25) is 19.7 Å². The summed E-state index contributed by atoms with van der Waals surface area (Å²) in [5.41, 5.74) is 5.89. The van der Waals surface area contributed by atoms with Gasteiger partial charge in [-0.25, -0.2) is 0 Å². The fourth-order valence-corrected chi connectivity index (χ4v) is 4.23. The number of aromatic nitrogens is 1. The Balaban J connectivity index is 1.82. The lowest BCUT2D eigenvalue weighted by atomic mass is 10.2. The van der Waals surface area contributed by atoms with Gasteiger partial charge in [0.2, 0.25) is 5.91 Å². The SMILES string of the molecule is Cn1c(=NC(=O)CSc2ccc(C(N)=O)cc2[N+](=O)[O-])sc2ccccc21. The number of carbonyl (C=O) groups is 2. The van der Waals surface area contributed by atoms with E-state index >= 15 is 0 Å². The van der Waals surface area contributed by atoms with E-state index in [9.17, 15) is 19.7 Å². The van der Waals surface area contributed by atoms with Gasteiger partial charge in [-0.1, -0.05) is 23.5 Å². The molecule has 0 radical (unpaired) electrons. The molecular weight excluding hydrogens is 388 g/mol. The van der Waals surface area contributed by atoms with E-state index in [0.717, 1.165) is 28.0 Å². The molecule has 3 aromatic rings. The van der Waals surface area contributed by atoms with E-state index in [1.807, 2.05) is 35.9 Å². The molecule has 0 unspecified atom stereocenters. The number of carbonyl (C=O) groups excluding carboxylic acids is 2. The second-order valence-corrected chi connectivity index (χ2v) is 7.54. The van der Waals surface area contributed by atoms with Crippen LogP contribution in [0.2, 0.25) is 0 Å². The number of thiazole rings is 1. The Bertz CT molecular complexity index is 1130. The maximum atomic E-state index is 12.2. The van der Waals surface area contributed by atoms with Crippen molar-refractivity contribution in [1.82, 2.24) is 4.57 Å². The molecular formula is C17H14N4O4S2. The molecule has 0 aliphatic heterocycles. The van der Waals surface area contributed by atoms with Crippen LogP contribution < -0.4 is 10.5 Å². The summed E-state index contributed by atoms with van der Waals surface area (Å²) in [6, 6.07) is 11.6. The predicted octanol–water partition coefficient (Wildman–Crippen LogP) is 2.47. The first-order valence-corrected chi connectivity index (χ1v) is 9.50. The van der Waals surface area contributed by atoms with E-state index in [2.05, 4.69) is 4.99 Å². The Morgan fingerprint density at radius 2 is 2.04 bits per heavy atom. The van der Waals surface area contributed by atoms with Crippen molar-refractivity contribution in [2.24, 2.45) is 17.8 Å². The molecule has 0 saturated carbocycles. The number of nitro groups is 1. The normalized spacial score (nSPS) is 11.7. The summed E-state index contributed by atoms with van der Waals surface area (Å²) in [7, 11) is 1.82. The smallest absolute Gasteiger partial charge is 0.283 e. The molecule has 1 aromatic heterocycles. The van der Waals surface area contributed by atoms with Crippen LogP contribution in [-0.4, -0.2) is 27.1 Å². The lowest BCUT2D eigenvalue weighted by molar-refractivity contribution is -0.387. The quantitative estimate of drug-likeness (QED) is 0.399. The number of rotatable bonds is 5. The Hall–Kier alpha value is -2.98. The second-order valence-electron chi connectivity index (χ2n) is 5.51. The highest BCUT2D eigenvalue weighted by atomic mass is 32.2. The Kier molecular flexibility index (Phi) is 5.38. The number of fused-ring (bicyclic) bond motifs is 1. The van der Waals surface area contributed by atoms with Gasteiger partial charge in [0, 0.05) is 18.7 Å². The van der Waals surface area contributed by atoms with Gasteiger partial charge in [0.05, 0.1) is 25.8 Å². The fraction of sp³-hybridized carbons (Fsp3) is 0.118. The molecule has 2 aromatic carbocycles. The summed E-state index contributed by atoms with van der Waals surface area (Å²) in [6.45, 7) is 0. The van der Waals surface area contributed by atoms with Crippen LogP contribution in [0.25, 0.3) is 10.2 Å². The van der Waals surface area contributed by atoms with Crippen LogP contribution >= 0.6 is 23.1 Å². The molecule has 0 aliphatic carbocycles.